The van der Waals surface area contributed by atoms with Gasteiger partial charge in [0, 0.05) is 23.5 Å². The molecule has 0 aliphatic rings. The lowest BCUT2D eigenvalue weighted by atomic mass is 10.4. The van der Waals surface area contributed by atoms with Gasteiger partial charge in [-0.05, 0) is 0 Å². The highest BCUT2D eigenvalue weighted by molar-refractivity contribution is 9.09. The van der Waals surface area contributed by atoms with Gasteiger partial charge in [0.2, 0.25) is 11.8 Å². The van der Waals surface area contributed by atoms with Crippen molar-refractivity contribution in [1.82, 2.24) is 10.0 Å². The minimum atomic E-state index is -1.34. The average Bonchev–Trinajstić information content (AvgIpc) is 2.33. The molecule has 0 saturated heterocycles. The zero-order chi connectivity index (χ0) is 15.7. The molecule has 20 heavy (non-hydrogen) atoms. The first kappa shape index (κ1) is 18.8. The van der Waals surface area contributed by atoms with E-state index in [9.17, 15) is 19.2 Å². The average molecular weight is 418 g/mol. The SMILES string of the molecule is O=C(O)CN(C(=O)CCBr)N(CC(=O)O)C(=O)CCBr. The third kappa shape index (κ3) is 6.85. The lowest BCUT2D eigenvalue weighted by Gasteiger charge is -2.32. The second-order valence-electron chi connectivity index (χ2n) is 3.57. The Labute approximate surface area is 131 Å². The Morgan fingerprint density at radius 2 is 1.05 bits per heavy atom. The highest BCUT2D eigenvalue weighted by Gasteiger charge is 2.28. The predicted octanol–water partition coefficient (Wildman–Crippen LogP) is 0.298. The molecule has 2 N–H and O–H groups in total. The lowest BCUT2D eigenvalue weighted by molar-refractivity contribution is -0.172. The van der Waals surface area contributed by atoms with Crippen LogP contribution in [0.25, 0.3) is 0 Å². The van der Waals surface area contributed by atoms with Crippen LogP contribution >= 0.6 is 31.9 Å². The first-order valence-corrected chi connectivity index (χ1v) is 7.74. The van der Waals surface area contributed by atoms with Crippen molar-refractivity contribution in [2.75, 3.05) is 23.7 Å². The van der Waals surface area contributed by atoms with Crippen molar-refractivity contribution in [1.29, 1.82) is 0 Å². The fourth-order valence-corrected chi connectivity index (χ4v) is 1.97. The number of carbonyl (C=O) groups is 4. The second-order valence-corrected chi connectivity index (χ2v) is 5.15. The number of aliphatic carboxylic acids is 2. The molecule has 0 atom stereocenters. The van der Waals surface area contributed by atoms with Crippen LogP contribution in [0.4, 0.5) is 0 Å². The van der Waals surface area contributed by atoms with Crippen LogP contribution in [0.2, 0.25) is 0 Å². The molecule has 10 heteroatoms. The summed E-state index contributed by atoms with van der Waals surface area (Å²) in [5.74, 6) is -3.97. The number of carboxylic acid groups (broad SMARTS) is 2. The Balaban J connectivity index is 5.24. The number of carbonyl (C=O) groups excluding carboxylic acids is 2. The van der Waals surface area contributed by atoms with Crippen LogP contribution in [0, 0.1) is 0 Å². The van der Waals surface area contributed by atoms with E-state index in [1.54, 1.807) is 0 Å². The molecule has 0 aliphatic heterocycles. The van der Waals surface area contributed by atoms with Crippen molar-refractivity contribution in [3.8, 4) is 0 Å². The summed E-state index contributed by atoms with van der Waals surface area (Å²) >= 11 is 6.06. The summed E-state index contributed by atoms with van der Waals surface area (Å²) in [5.41, 5.74) is 0. The van der Waals surface area contributed by atoms with Crippen LogP contribution < -0.4 is 0 Å². The molecule has 0 rings (SSSR count). The van der Waals surface area contributed by atoms with Crippen molar-refractivity contribution < 1.29 is 29.4 Å². The molecule has 0 radical (unpaired) electrons. The van der Waals surface area contributed by atoms with E-state index in [0.717, 1.165) is 0 Å². The molecule has 0 aliphatic carbocycles. The van der Waals surface area contributed by atoms with Crippen molar-refractivity contribution in [3.05, 3.63) is 0 Å². The van der Waals surface area contributed by atoms with E-state index in [4.69, 9.17) is 10.2 Å². The van der Waals surface area contributed by atoms with Gasteiger partial charge in [-0.15, -0.1) is 0 Å². The van der Waals surface area contributed by atoms with Gasteiger partial charge in [0.25, 0.3) is 0 Å². The van der Waals surface area contributed by atoms with Gasteiger partial charge in [-0.3, -0.25) is 19.2 Å². The molecule has 0 fully saturated rings. The number of carboxylic acids is 2. The first-order valence-electron chi connectivity index (χ1n) is 5.49. The van der Waals surface area contributed by atoms with Crippen LogP contribution in [0.3, 0.4) is 0 Å². The smallest absolute Gasteiger partial charge is 0.325 e. The van der Waals surface area contributed by atoms with Gasteiger partial charge in [0.05, 0.1) is 0 Å². The molecular formula is C10H14Br2N2O6. The summed E-state index contributed by atoms with van der Waals surface area (Å²) in [6, 6.07) is 0. The summed E-state index contributed by atoms with van der Waals surface area (Å²) in [6.45, 7) is -1.54. The van der Waals surface area contributed by atoms with E-state index < -0.39 is 36.8 Å². The molecular weight excluding hydrogens is 404 g/mol. The largest absolute Gasteiger partial charge is 0.480 e. The number of hydrazine groups is 1. The monoisotopic (exact) mass is 416 g/mol. The van der Waals surface area contributed by atoms with E-state index in [1.807, 2.05) is 0 Å². The van der Waals surface area contributed by atoms with Crippen LogP contribution in [-0.2, 0) is 19.2 Å². The van der Waals surface area contributed by atoms with Crippen LogP contribution in [0.1, 0.15) is 12.8 Å². The molecule has 0 unspecified atom stereocenters. The number of nitrogens with zero attached hydrogens (tertiary/aromatic N) is 2. The van der Waals surface area contributed by atoms with Gasteiger partial charge in [-0.25, -0.2) is 10.0 Å². The molecule has 8 nitrogen and oxygen atoms in total. The van der Waals surface area contributed by atoms with Gasteiger partial charge >= 0.3 is 11.9 Å². The summed E-state index contributed by atoms with van der Waals surface area (Å²) in [7, 11) is 0. The fourth-order valence-electron chi connectivity index (χ4n) is 1.29. The topological polar surface area (TPSA) is 115 Å². The predicted molar refractivity (Wildman–Crippen MR) is 75.5 cm³/mol. The zero-order valence-electron chi connectivity index (χ0n) is 10.4. The Kier molecular flexibility index (Phi) is 9.14. The van der Waals surface area contributed by atoms with E-state index in [1.165, 1.54) is 0 Å². The van der Waals surface area contributed by atoms with Gasteiger partial charge < -0.3 is 10.2 Å². The van der Waals surface area contributed by atoms with Crippen LogP contribution in [0.5, 0.6) is 0 Å². The number of halogens is 2. The number of amides is 2. The fraction of sp³-hybridized carbons (Fsp3) is 0.600. The maximum absolute atomic E-state index is 11.8. The molecule has 0 heterocycles. The standard InChI is InChI=1S/C10H14Br2N2O6/c11-3-1-7(15)13(5-9(17)18)14(6-10(19)20)8(16)2-4-12/h1-6H2,(H,17,18)(H,19,20). The van der Waals surface area contributed by atoms with Crippen molar-refractivity contribution in [3.63, 3.8) is 0 Å². The molecule has 0 spiro atoms. The Morgan fingerprint density at radius 1 is 0.750 bits per heavy atom. The zero-order valence-corrected chi connectivity index (χ0v) is 13.6. The Bertz CT molecular complexity index is 354. The highest BCUT2D eigenvalue weighted by atomic mass is 79.9. The molecule has 0 saturated carbocycles. The number of rotatable bonds is 8. The summed E-state index contributed by atoms with van der Waals surface area (Å²) in [5, 5.41) is 19.4. The molecule has 0 bridgehead atoms. The van der Waals surface area contributed by atoms with Crippen molar-refractivity contribution in [2.45, 2.75) is 12.8 Å². The molecule has 0 aromatic carbocycles. The first-order chi connectivity index (χ1) is 9.33. The molecule has 0 aromatic rings. The normalized spacial score (nSPS) is 9.90. The quantitative estimate of drug-likeness (QED) is 0.433. The maximum Gasteiger partial charge on any atom is 0.325 e. The highest BCUT2D eigenvalue weighted by Crippen LogP contribution is 2.07. The maximum atomic E-state index is 11.8. The summed E-state index contributed by atoms with van der Waals surface area (Å²) < 4.78 is 0. The number of hydrogen-bond donors (Lipinski definition) is 2. The Hall–Kier alpha value is -1.16. The van der Waals surface area contributed by atoms with Crippen molar-refractivity contribution in [2.24, 2.45) is 0 Å². The van der Waals surface area contributed by atoms with E-state index in [2.05, 4.69) is 31.9 Å². The third-order valence-electron chi connectivity index (χ3n) is 2.05. The number of alkyl halides is 2. The molecule has 2 amide bonds. The third-order valence-corrected chi connectivity index (χ3v) is 2.85. The van der Waals surface area contributed by atoms with E-state index >= 15 is 0 Å². The molecule has 114 valence electrons. The summed E-state index contributed by atoms with van der Waals surface area (Å²) in [4.78, 5) is 45.3. The minimum absolute atomic E-state index is 0.0506. The number of hydrogen-bond acceptors (Lipinski definition) is 4. The van der Waals surface area contributed by atoms with Gasteiger partial charge in [0.15, 0.2) is 0 Å². The Morgan fingerprint density at radius 3 is 1.25 bits per heavy atom. The molecule has 0 aromatic heterocycles. The summed E-state index contributed by atoms with van der Waals surface area (Å²) in [6.07, 6.45) is -0.101. The lowest BCUT2D eigenvalue weighted by Crippen LogP contribution is -2.53. The van der Waals surface area contributed by atoms with E-state index in [0.29, 0.717) is 10.0 Å². The van der Waals surface area contributed by atoms with Crippen LogP contribution in [0.15, 0.2) is 0 Å². The van der Waals surface area contributed by atoms with E-state index in [-0.39, 0.29) is 23.5 Å². The minimum Gasteiger partial charge on any atom is -0.480 e. The van der Waals surface area contributed by atoms with Gasteiger partial charge in [0.1, 0.15) is 13.1 Å². The van der Waals surface area contributed by atoms with Gasteiger partial charge in [-0.1, -0.05) is 31.9 Å². The van der Waals surface area contributed by atoms with Crippen LogP contribution in [-0.4, -0.2) is 67.7 Å². The van der Waals surface area contributed by atoms with Gasteiger partial charge in [-0.2, -0.15) is 0 Å². The second kappa shape index (κ2) is 9.70. The van der Waals surface area contributed by atoms with Crippen molar-refractivity contribution >= 4 is 55.6 Å².